The Morgan fingerprint density at radius 2 is 1.90 bits per heavy atom. The number of anilines is 1. The fourth-order valence-electron chi connectivity index (χ4n) is 4.05. The van der Waals surface area contributed by atoms with Gasteiger partial charge in [0.05, 0.1) is 15.1 Å². The molecule has 8 heteroatoms. The maximum absolute atomic E-state index is 12.9. The van der Waals surface area contributed by atoms with Crippen LogP contribution in [0.2, 0.25) is 0 Å². The number of piperidine rings is 1. The molecule has 0 saturated carbocycles. The molecule has 1 N–H and O–H groups in total. The summed E-state index contributed by atoms with van der Waals surface area (Å²) in [5.41, 5.74) is 2.84. The summed E-state index contributed by atoms with van der Waals surface area (Å²) in [6, 6.07) is 12.6. The summed E-state index contributed by atoms with van der Waals surface area (Å²) in [6.45, 7) is 6.26. The maximum atomic E-state index is 12.9. The lowest BCUT2D eigenvalue weighted by molar-refractivity contribution is 0.447. The molecule has 0 radical (unpaired) electrons. The van der Waals surface area contributed by atoms with E-state index in [4.69, 9.17) is 0 Å². The Balaban J connectivity index is 1.51. The summed E-state index contributed by atoms with van der Waals surface area (Å²) in [7, 11) is -2.02. The van der Waals surface area contributed by atoms with Crippen LogP contribution >= 0.6 is 11.3 Å². The van der Waals surface area contributed by atoms with Crippen LogP contribution in [0.3, 0.4) is 0 Å². The van der Waals surface area contributed by atoms with Crippen molar-refractivity contribution in [1.82, 2.24) is 9.29 Å². The Labute approximate surface area is 181 Å². The third-order valence-electron chi connectivity index (χ3n) is 5.82. The van der Waals surface area contributed by atoms with Crippen LogP contribution < -0.4 is 14.5 Å². The Morgan fingerprint density at radius 3 is 2.60 bits per heavy atom. The predicted octanol–water partition coefficient (Wildman–Crippen LogP) is 3.88. The minimum atomic E-state index is -3.71. The van der Waals surface area contributed by atoms with Gasteiger partial charge in [-0.05, 0) is 61.6 Å². The standard InChI is InChI=1S/C22H27N3O3S2/c1-15-5-4-12-25(14-15)18-8-6-17(7-9-18)16(2)23-30(27,28)19-10-11-20-21(13-19)29-22(26)24(20)3/h6-11,13,15-16,23H,4-5,12,14H2,1-3H3/t15-,16-/m1/s1. The molecule has 2 atom stereocenters. The van der Waals surface area contributed by atoms with Gasteiger partial charge in [-0.25, -0.2) is 13.1 Å². The minimum Gasteiger partial charge on any atom is -0.371 e. The molecule has 0 spiro atoms. The molecular weight excluding hydrogens is 418 g/mol. The van der Waals surface area contributed by atoms with Gasteiger partial charge in [0, 0.05) is 31.9 Å². The van der Waals surface area contributed by atoms with E-state index in [1.807, 2.05) is 19.1 Å². The Hall–Kier alpha value is -2.16. The highest BCUT2D eigenvalue weighted by atomic mass is 32.2. The molecule has 1 saturated heterocycles. The molecule has 0 bridgehead atoms. The summed E-state index contributed by atoms with van der Waals surface area (Å²) in [5.74, 6) is 0.699. The van der Waals surface area contributed by atoms with Gasteiger partial charge in [0.2, 0.25) is 10.0 Å². The number of hydrogen-bond donors (Lipinski definition) is 1. The van der Waals surface area contributed by atoms with Gasteiger partial charge in [-0.1, -0.05) is 30.4 Å². The second-order valence-electron chi connectivity index (χ2n) is 8.18. The fraction of sp³-hybridized carbons (Fsp3) is 0.409. The third-order valence-corrected chi connectivity index (χ3v) is 8.36. The molecule has 2 aromatic carbocycles. The minimum absolute atomic E-state index is 0.107. The number of fused-ring (bicyclic) bond motifs is 1. The number of aromatic nitrogens is 1. The van der Waals surface area contributed by atoms with Crippen molar-refractivity contribution in [2.75, 3.05) is 18.0 Å². The Kier molecular flexibility index (Phi) is 5.74. The first-order valence-electron chi connectivity index (χ1n) is 10.2. The zero-order valence-electron chi connectivity index (χ0n) is 17.5. The van der Waals surface area contributed by atoms with E-state index in [-0.39, 0.29) is 15.8 Å². The van der Waals surface area contributed by atoms with E-state index >= 15 is 0 Å². The van der Waals surface area contributed by atoms with E-state index in [2.05, 4.69) is 28.7 Å². The third kappa shape index (κ3) is 4.17. The van der Waals surface area contributed by atoms with E-state index in [0.717, 1.165) is 35.5 Å². The van der Waals surface area contributed by atoms with Crippen LogP contribution in [-0.4, -0.2) is 26.1 Å². The van der Waals surface area contributed by atoms with Crippen LogP contribution in [0.1, 0.15) is 38.3 Å². The molecular formula is C22H27N3O3S2. The summed E-state index contributed by atoms with van der Waals surface area (Å²) in [6.07, 6.45) is 2.48. The van der Waals surface area contributed by atoms with Gasteiger partial charge in [-0.15, -0.1) is 0 Å². The molecule has 4 rings (SSSR count). The summed E-state index contributed by atoms with van der Waals surface area (Å²) < 4.78 is 30.8. The number of hydrogen-bond acceptors (Lipinski definition) is 5. The highest BCUT2D eigenvalue weighted by Gasteiger charge is 2.21. The maximum Gasteiger partial charge on any atom is 0.307 e. The lowest BCUT2D eigenvalue weighted by Crippen LogP contribution is -2.34. The molecule has 0 amide bonds. The van der Waals surface area contributed by atoms with Gasteiger partial charge < -0.3 is 9.47 Å². The van der Waals surface area contributed by atoms with Crippen LogP contribution in [0.4, 0.5) is 5.69 Å². The Bertz CT molecular complexity index is 1210. The first-order chi connectivity index (χ1) is 14.2. The van der Waals surface area contributed by atoms with Gasteiger partial charge in [-0.2, -0.15) is 0 Å². The highest BCUT2D eigenvalue weighted by Crippen LogP contribution is 2.26. The molecule has 1 fully saturated rings. The monoisotopic (exact) mass is 445 g/mol. The molecule has 3 aromatic rings. The first kappa shape index (κ1) is 21.1. The molecule has 160 valence electrons. The largest absolute Gasteiger partial charge is 0.371 e. The smallest absolute Gasteiger partial charge is 0.307 e. The van der Waals surface area contributed by atoms with Gasteiger partial charge in [0.15, 0.2) is 0 Å². The summed E-state index contributed by atoms with van der Waals surface area (Å²) in [4.78, 5) is 14.3. The van der Waals surface area contributed by atoms with E-state index in [1.165, 1.54) is 23.1 Å². The zero-order chi connectivity index (χ0) is 21.5. The summed E-state index contributed by atoms with van der Waals surface area (Å²) >= 11 is 1.05. The second-order valence-corrected chi connectivity index (χ2v) is 10.9. The van der Waals surface area contributed by atoms with Crippen LogP contribution in [0.25, 0.3) is 10.2 Å². The number of thiazole rings is 1. The molecule has 1 aromatic heterocycles. The van der Waals surface area contributed by atoms with Crippen molar-refractivity contribution in [2.45, 2.75) is 37.6 Å². The summed E-state index contributed by atoms with van der Waals surface area (Å²) in [5, 5.41) is 0. The molecule has 30 heavy (non-hydrogen) atoms. The van der Waals surface area contributed by atoms with Crippen LogP contribution in [0.15, 0.2) is 52.2 Å². The number of rotatable bonds is 5. The SMILES string of the molecule is C[C@@H]1CCCN(c2ccc([C@@H](C)NS(=O)(=O)c3ccc4c(c3)sc(=O)n4C)cc2)C1. The highest BCUT2D eigenvalue weighted by molar-refractivity contribution is 7.89. The fourth-order valence-corrected chi connectivity index (χ4v) is 6.30. The lowest BCUT2D eigenvalue weighted by Gasteiger charge is -2.33. The zero-order valence-corrected chi connectivity index (χ0v) is 19.1. The normalized spacial score (nSPS) is 18.6. The molecule has 1 aliphatic heterocycles. The number of nitrogens with one attached hydrogen (secondary N) is 1. The topological polar surface area (TPSA) is 71.4 Å². The van der Waals surface area contributed by atoms with Crippen LogP contribution in [0.5, 0.6) is 0 Å². The lowest BCUT2D eigenvalue weighted by atomic mass is 9.99. The average molecular weight is 446 g/mol. The van der Waals surface area contributed by atoms with Crippen molar-refractivity contribution < 1.29 is 8.42 Å². The molecule has 6 nitrogen and oxygen atoms in total. The number of aryl methyl sites for hydroxylation is 1. The molecule has 1 aliphatic rings. The molecule has 2 heterocycles. The molecule has 0 aliphatic carbocycles. The van der Waals surface area contributed by atoms with E-state index in [0.29, 0.717) is 10.6 Å². The molecule has 0 unspecified atom stereocenters. The second kappa shape index (κ2) is 8.17. The quantitative estimate of drug-likeness (QED) is 0.647. The van der Waals surface area contributed by atoms with E-state index in [1.54, 1.807) is 25.2 Å². The average Bonchev–Trinajstić information content (AvgIpc) is 3.01. The first-order valence-corrected chi connectivity index (χ1v) is 12.5. The number of benzene rings is 2. The van der Waals surface area contributed by atoms with Crippen LogP contribution in [-0.2, 0) is 17.1 Å². The van der Waals surface area contributed by atoms with Crippen molar-refractivity contribution in [2.24, 2.45) is 13.0 Å². The Morgan fingerprint density at radius 1 is 1.17 bits per heavy atom. The van der Waals surface area contributed by atoms with Crippen molar-refractivity contribution in [3.05, 3.63) is 57.7 Å². The van der Waals surface area contributed by atoms with Gasteiger partial charge >= 0.3 is 4.87 Å². The van der Waals surface area contributed by atoms with Crippen molar-refractivity contribution >= 4 is 37.3 Å². The van der Waals surface area contributed by atoms with Crippen molar-refractivity contribution in [1.29, 1.82) is 0 Å². The van der Waals surface area contributed by atoms with Gasteiger partial charge in [-0.3, -0.25) is 4.79 Å². The van der Waals surface area contributed by atoms with Gasteiger partial charge in [0.1, 0.15) is 0 Å². The van der Waals surface area contributed by atoms with Crippen molar-refractivity contribution in [3.63, 3.8) is 0 Å². The van der Waals surface area contributed by atoms with Crippen LogP contribution in [0, 0.1) is 5.92 Å². The van der Waals surface area contributed by atoms with E-state index < -0.39 is 10.0 Å². The number of sulfonamides is 1. The van der Waals surface area contributed by atoms with Gasteiger partial charge in [0.25, 0.3) is 0 Å². The van der Waals surface area contributed by atoms with E-state index in [9.17, 15) is 13.2 Å². The van der Waals surface area contributed by atoms with Crippen molar-refractivity contribution in [3.8, 4) is 0 Å². The predicted molar refractivity (Wildman–Crippen MR) is 123 cm³/mol. The number of nitrogens with zero attached hydrogens (tertiary/aromatic N) is 2.